The highest BCUT2D eigenvalue weighted by Gasteiger charge is 2.08. The number of carbonyl (C=O) groups is 1. The van der Waals surface area contributed by atoms with Crippen LogP contribution in [0.4, 0.5) is 5.69 Å². The Bertz CT molecular complexity index is 563. The van der Waals surface area contributed by atoms with Crippen molar-refractivity contribution in [3.63, 3.8) is 0 Å². The zero-order valence-corrected chi connectivity index (χ0v) is 11.7. The molecular formula is C15H20N4O. The van der Waals surface area contributed by atoms with Gasteiger partial charge >= 0.3 is 0 Å². The molecule has 5 nitrogen and oxygen atoms in total. The lowest BCUT2D eigenvalue weighted by Crippen LogP contribution is -2.25. The molecule has 2 aromatic rings. The molecule has 0 bridgehead atoms. The zero-order chi connectivity index (χ0) is 14.4. The number of amides is 1. The number of nitrogens with two attached hydrogens (primary N) is 1. The third-order valence-electron chi connectivity index (χ3n) is 3.14. The number of nitrogens with one attached hydrogen (secondary N) is 1. The van der Waals surface area contributed by atoms with E-state index in [1.165, 1.54) is 0 Å². The second-order valence-electron chi connectivity index (χ2n) is 4.85. The first kappa shape index (κ1) is 14.1. The van der Waals surface area contributed by atoms with E-state index in [1.807, 2.05) is 29.8 Å². The summed E-state index contributed by atoms with van der Waals surface area (Å²) in [6, 6.07) is 5.48. The van der Waals surface area contributed by atoms with Crippen LogP contribution in [0.1, 0.15) is 28.8 Å². The molecule has 0 saturated carbocycles. The van der Waals surface area contributed by atoms with E-state index in [-0.39, 0.29) is 5.91 Å². The Labute approximate surface area is 118 Å². The smallest absolute Gasteiger partial charge is 0.253 e. The van der Waals surface area contributed by atoms with E-state index in [0.29, 0.717) is 17.8 Å². The van der Waals surface area contributed by atoms with Crippen LogP contribution < -0.4 is 11.1 Å². The van der Waals surface area contributed by atoms with E-state index in [0.717, 1.165) is 24.9 Å². The Morgan fingerprint density at radius 2 is 2.25 bits per heavy atom. The standard InChI is InChI=1S/C15H20N4O/c1-12-4-5-13(14(16)10-12)15(20)18-6-2-3-8-19-9-7-17-11-19/h4-5,7,9-11H,2-3,6,8,16H2,1H3,(H,18,20). The number of hydrogen-bond acceptors (Lipinski definition) is 3. The van der Waals surface area contributed by atoms with E-state index in [2.05, 4.69) is 10.3 Å². The van der Waals surface area contributed by atoms with Crippen molar-refractivity contribution in [2.75, 3.05) is 12.3 Å². The van der Waals surface area contributed by atoms with Gasteiger partial charge in [0.2, 0.25) is 0 Å². The largest absolute Gasteiger partial charge is 0.398 e. The van der Waals surface area contributed by atoms with Crippen molar-refractivity contribution in [2.45, 2.75) is 26.3 Å². The molecule has 5 heteroatoms. The molecule has 0 atom stereocenters. The van der Waals surface area contributed by atoms with Crippen molar-refractivity contribution >= 4 is 11.6 Å². The van der Waals surface area contributed by atoms with Crippen LogP contribution in [-0.2, 0) is 6.54 Å². The molecule has 1 aromatic carbocycles. The van der Waals surface area contributed by atoms with Gasteiger partial charge in [0.05, 0.1) is 11.9 Å². The Morgan fingerprint density at radius 1 is 1.40 bits per heavy atom. The molecule has 0 aliphatic carbocycles. The van der Waals surface area contributed by atoms with Crippen molar-refractivity contribution in [3.05, 3.63) is 48.0 Å². The normalized spacial score (nSPS) is 10.4. The molecule has 0 spiro atoms. The third-order valence-corrected chi connectivity index (χ3v) is 3.14. The number of carbonyl (C=O) groups excluding carboxylic acids is 1. The van der Waals surface area contributed by atoms with Gasteiger partial charge < -0.3 is 15.6 Å². The molecule has 1 aromatic heterocycles. The maximum atomic E-state index is 12.0. The van der Waals surface area contributed by atoms with Crippen LogP contribution in [0, 0.1) is 6.92 Å². The first-order chi connectivity index (χ1) is 9.66. The average molecular weight is 272 g/mol. The minimum absolute atomic E-state index is 0.106. The molecule has 0 unspecified atom stereocenters. The summed E-state index contributed by atoms with van der Waals surface area (Å²) in [6.45, 7) is 3.53. The molecular weight excluding hydrogens is 252 g/mol. The number of anilines is 1. The lowest BCUT2D eigenvalue weighted by Gasteiger charge is -2.08. The third kappa shape index (κ3) is 3.85. The second-order valence-corrected chi connectivity index (χ2v) is 4.85. The minimum atomic E-state index is -0.106. The summed E-state index contributed by atoms with van der Waals surface area (Å²) in [5.74, 6) is -0.106. The Kier molecular flexibility index (Phi) is 4.76. The van der Waals surface area contributed by atoms with Gasteiger partial charge in [-0.15, -0.1) is 0 Å². The van der Waals surface area contributed by atoms with Crippen LogP contribution in [0.15, 0.2) is 36.9 Å². The van der Waals surface area contributed by atoms with E-state index in [9.17, 15) is 4.79 Å². The van der Waals surface area contributed by atoms with E-state index in [1.54, 1.807) is 18.6 Å². The first-order valence-corrected chi connectivity index (χ1v) is 6.77. The fourth-order valence-electron chi connectivity index (χ4n) is 2.02. The summed E-state index contributed by atoms with van der Waals surface area (Å²) in [4.78, 5) is 15.9. The summed E-state index contributed by atoms with van der Waals surface area (Å²) in [5.41, 5.74) is 7.98. The van der Waals surface area contributed by atoms with Gasteiger partial charge in [-0.25, -0.2) is 4.98 Å². The summed E-state index contributed by atoms with van der Waals surface area (Å²) >= 11 is 0. The van der Waals surface area contributed by atoms with Crippen LogP contribution in [0.3, 0.4) is 0 Å². The minimum Gasteiger partial charge on any atom is -0.398 e. The number of nitrogen functional groups attached to an aromatic ring is 1. The maximum Gasteiger partial charge on any atom is 0.253 e. The lowest BCUT2D eigenvalue weighted by atomic mass is 10.1. The second kappa shape index (κ2) is 6.75. The van der Waals surface area contributed by atoms with Crippen molar-refractivity contribution in [2.24, 2.45) is 0 Å². The topological polar surface area (TPSA) is 72.9 Å². The molecule has 0 fully saturated rings. The van der Waals surface area contributed by atoms with Gasteiger partial charge in [0.1, 0.15) is 0 Å². The molecule has 2 rings (SSSR count). The summed E-state index contributed by atoms with van der Waals surface area (Å²) in [7, 11) is 0. The molecule has 106 valence electrons. The van der Waals surface area contributed by atoms with Crippen molar-refractivity contribution in [1.82, 2.24) is 14.9 Å². The Morgan fingerprint density at radius 3 is 2.95 bits per heavy atom. The zero-order valence-electron chi connectivity index (χ0n) is 11.7. The van der Waals surface area contributed by atoms with Gasteiger partial charge in [0.15, 0.2) is 0 Å². The van der Waals surface area contributed by atoms with E-state index in [4.69, 9.17) is 5.73 Å². The van der Waals surface area contributed by atoms with Crippen molar-refractivity contribution in [3.8, 4) is 0 Å². The quantitative estimate of drug-likeness (QED) is 0.624. The lowest BCUT2D eigenvalue weighted by molar-refractivity contribution is 0.0954. The van der Waals surface area contributed by atoms with E-state index < -0.39 is 0 Å². The summed E-state index contributed by atoms with van der Waals surface area (Å²) < 4.78 is 2.03. The molecule has 20 heavy (non-hydrogen) atoms. The molecule has 1 heterocycles. The predicted molar refractivity (Wildman–Crippen MR) is 79.4 cm³/mol. The predicted octanol–water partition coefficient (Wildman–Crippen LogP) is 1.98. The fraction of sp³-hybridized carbons (Fsp3) is 0.333. The number of nitrogens with zero attached hydrogens (tertiary/aromatic N) is 2. The van der Waals surface area contributed by atoms with Gasteiger partial charge in [0, 0.05) is 31.2 Å². The van der Waals surface area contributed by atoms with Gasteiger partial charge in [-0.3, -0.25) is 4.79 Å². The Balaban J connectivity index is 1.72. The highest BCUT2D eigenvalue weighted by molar-refractivity contribution is 5.99. The van der Waals surface area contributed by atoms with Gasteiger partial charge in [-0.2, -0.15) is 0 Å². The van der Waals surface area contributed by atoms with Crippen LogP contribution >= 0.6 is 0 Å². The number of aryl methyl sites for hydroxylation is 2. The monoisotopic (exact) mass is 272 g/mol. The molecule has 0 aliphatic rings. The van der Waals surface area contributed by atoms with Gasteiger partial charge in [-0.1, -0.05) is 6.07 Å². The molecule has 0 aliphatic heterocycles. The van der Waals surface area contributed by atoms with Gasteiger partial charge in [-0.05, 0) is 37.5 Å². The summed E-state index contributed by atoms with van der Waals surface area (Å²) in [5, 5.41) is 2.90. The number of imidazole rings is 1. The number of benzene rings is 1. The molecule has 0 saturated heterocycles. The highest BCUT2D eigenvalue weighted by atomic mass is 16.1. The van der Waals surface area contributed by atoms with Crippen LogP contribution in [0.2, 0.25) is 0 Å². The molecule has 3 N–H and O–H groups in total. The SMILES string of the molecule is Cc1ccc(C(=O)NCCCCn2ccnc2)c(N)c1. The van der Waals surface area contributed by atoms with Crippen molar-refractivity contribution in [1.29, 1.82) is 0 Å². The molecule has 1 amide bonds. The van der Waals surface area contributed by atoms with Crippen LogP contribution in [-0.4, -0.2) is 22.0 Å². The van der Waals surface area contributed by atoms with Crippen LogP contribution in [0.25, 0.3) is 0 Å². The maximum absolute atomic E-state index is 12.0. The summed E-state index contributed by atoms with van der Waals surface area (Å²) in [6.07, 6.45) is 7.43. The average Bonchev–Trinajstić information content (AvgIpc) is 2.91. The van der Waals surface area contributed by atoms with Crippen molar-refractivity contribution < 1.29 is 4.79 Å². The number of unbranched alkanes of at least 4 members (excludes halogenated alkanes) is 1. The number of rotatable bonds is 6. The fourth-order valence-corrected chi connectivity index (χ4v) is 2.02. The first-order valence-electron chi connectivity index (χ1n) is 6.77. The highest BCUT2D eigenvalue weighted by Crippen LogP contribution is 2.13. The van der Waals surface area contributed by atoms with Crippen LogP contribution in [0.5, 0.6) is 0 Å². The Hall–Kier alpha value is -2.30. The van der Waals surface area contributed by atoms with E-state index >= 15 is 0 Å². The van der Waals surface area contributed by atoms with Gasteiger partial charge in [0.25, 0.3) is 5.91 Å². The molecule has 0 radical (unpaired) electrons. The number of aromatic nitrogens is 2. The number of hydrogen-bond donors (Lipinski definition) is 2.